The molecule has 2 aromatic carbocycles. The molecule has 2 heterocycles. The van der Waals surface area contributed by atoms with E-state index in [9.17, 15) is 19.7 Å². The Kier molecular flexibility index (Phi) is 9.47. The van der Waals surface area contributed by atoms with E-state index < -0.39 is 4.92 Å². The number of likely N-dealkylation sites (tertiary alicyclic amines) is 1. The number of para-hydroxylation sites is 1. The van der Waals surface area contributed by atoms with Crippen molar-refractivity contribution in [2.45, 2.75) is 44.2 Å². The average molecular weight is 538 g/mol. The van der Waals surface area contributed by atoms with Crippen molar-refractivity contribution in [2.24, 2.45) is 5.92 Å². The monoisotopic (exact) mass is 537 g/mol. The van der Waals surface area contributed by atoms with Crippen molar-refractivity contribution in [2.75, 3.05) is 25.4 Å². The summed E-state index contributed by atoms with van der Waals surface area (Å²) in [6.45, 7) is 3.28. The summed E-state index contributed by atoms with van der Waals surface area (Å²) < 4.78 is 7.08. The Morgan fingerprint density at radius 2 is 1.87 bits per heavy atom. The molecule has 10 nitrogen and oxygen atoms in total. The van der Waals surface area contributed by atoms with Gasteiger partial charge in [0, 0.05) is 48.6 Å². The lowest BCUT2D eigenvalue weighted by Gasteiger charge is -2.31. The highest BCUT2D eigenvalue weighted by atomic mass is 32.2. The van der Waals surface area contributed by atoms with Gasteiger partial charge in [-0.25, -0.2) is 0 Å². The predicted molar refractivity (Wildman–Crippen MR) is 144 cm³/mol. The van der Waals surface area contributed by atoms with Crippen molar-refractivity contribution < 1.29 is 19.2 Å². The second-order valence-corrected chi connectivity index (χ2v) is 10.1. The second kappa shape index (κ2) is 13.2. The lowest BCUT2D eigenvalue weighted by Crippen LogP contribution is -2.42. The van der Waals surface area contributed by atoms with Crippen LogP contribution in [0.2, 0.25) is 0 Å². The molecule has 0 bridgehead atoms. The summed E-state index contributed by atoms with van der Waals surface area (Å²) in [7, 11) is 0. The van der Waals surface area contributed by atoms with E-state index in [1.807, 2.05) is 34.9 Å². The van der Waals surface area contributed by atoms with Crippen molar-refractivity contribution >= 4 is 29.3 Å². The number of carbonyl (C=O) groups is 2. The van der Waals surface area contributed by atoms with Crippen LogP contribution in [0.5, 0.6) is 0 Å². The summed E-state index contributed by atoms with van der Waals surface area (Å²) in [4.78, 5) is 37.2. The predicted octanol–water partition coefficient (Wildman–Crippen LogP) is 4.91. The number of unbranched alkanes of at least 4 members (excludes halogenated alkanes) is 1. The molecule has 1 saturated heterocycles. The fourth-order valence-electron chi connectivity index (χ4n) is 4.45. The van der Waals surface area contributed by atoms with Gasteiger partial charge < -0.3 is 9.64 Å². The summed E-state index contributed by atoms with van der Waals surface area (Å²) in [5, 5.41) is 20.5. The van der Waals surface area contributed by atoms with Crippen molar-refractivity contribution in [1.29, 1.82) is 0 Å². The lowest BCUT2D eigenvalue weighted by atomic mass is 9.98. The molecule has 0 N–H and O–H groups in total. The van der Waals surface area contributed by atoms with E-state index in [4.69, 9.17) is 4.74 Å². The first kappa shape index (κ1) is 27.3. The third kappa shape index (κ3) is 6.77. The van der Waals surface area contributed by atoms with Crippen molar-refractivity contribution in [1.82, 2.24) is 19.7 Å². The molecule has 38 heavy (non-hydrogen) atoms. The quantitative estimate of drug-likeness (QED) is 0.111. The first-order chi connectivity index (χ1) is 18.5. The van der Waals surface area contributed by atoms with Gasteiger partial charge in [0.15, 0.2) is 11.0 Å². The number of thioether (sulfide) groups is 1. The van der Waals surface area contributed by atoms with Gasteiger partial charge in [0.25, 0.3) is 5.69 Å². The molecule has 1 amide bonds. The Morgan fingerprint density at radius 3 is 2.58 bits per heavy atom. The number of hydrogen-bond acceptors (Lipinski definition) is 8. The highest BCUT2D eigenvalue weighted by Crippen LogP contribution is 2.29. The van der Waals surface area contributed by atoms with Gasteiger partial charge in [0.1, 0.15) is 0 Å². The van der Waals surface area contributed by atoms with Crippen molar-refractivity contribution in [3.8, 4) is 17.1 Å². The number of esters is 1. The standard InChI is InChI=1S/C27H31N5O5S/c1-2-37-26(34)21-9-8-17-30(19-21)24(33)12-6-7-18-38-27-29-28-25(31(27)22-10-4-3-5-11-22)20-13-15-23(16-14-20)32(35)36/h3-5,10-11,13-16,21H,2,6-9,12,17-19H2,1H3. The first-order valence-corrected chi connectivity index (χ1v) is 13.8. The first-order valence-electron chi connectivity index (χ1n) is 12.8. The molecule has 1 atom stereocenters. The molecule has 3 aromatic rings. The van der Waals surface area contributed by atoms with Gasteiger partial charge in [-0.3, -0.25) is 24.3 Å². The molecule has 1 aliphatic rings. The number of aromatic nitrogens is 3. The zero-order valence-electron chi connectivity index (χ0n) is 21.3. The maximum absolute atomic E-state index is 12.7. The van der Waals surface area contributed by atoms with Crippen molar-refractivity contribution in [3.05, 3.63) is 64.7 Å². The fraction of sp³-hybridized carbons (Fsp3) is 0.407. The van der Waals surface area contributed by atoms with Gasteiger partial charge in [0.2, 0.25) is 5.91 Å². The maximum Gasteiger partial charge on any atom is 0.310 e. The summed E-state index contributed by atoms with van der Waals surface area (Å²) in [5.74, 6) is 1.00. The van der Waals surface area contributed by atoms with Crippen LogP contribution >= 0.6 is 11.8 Å². The minimum Gasteiger partial charge on any atom is -0.466 e. The third-order valence-corrected chi connectivity index (χ3v) is 7.41. The summed E-state index contributed by atoms with van der Waals surface area (Å²) in [5.41, 5.74) is 1.64. The maximum atomic E-state index is 12.7. The van der Waals surface area contributed by atoms with Gasteiger partial charge in [0.05, 0.1) is 17.4 Å². The molecule has 11 heteroatoms. The summed E-state index contributed by atoms with van der Waals surface area (Å²) >= 11 is 1.56. The van der Waals surface area contributed by atoms with Gasteiger partial charge >= 0.3 is 5.97 Å². The molecule has 1 unspecified atom stereocenters. The van der Waals surface area contributed by atoms with Crippen molar-refractivity contribution in [3.63, 3.8) is 0 Å². The molecule has 1 fully saturated rings. The smallest absolute Gasteiger partial charge is 0.310 e. The van der Waals surface area contributed by atoms with E-state index in [1.165, 1.54) is 12.1 Å². The number of amides is 1. The highest BCUT2D eigenvalue weighted by Gasteiger charge is 2.29. The molecule has 0 saturated carbocycles. The number of piperidine rings is 1. The van der Waals surface area contributed by atoms with Crippen LogP contribution in [0, 0.1) is 16.0 Å². The number of nitro benzene ring substituents is 1. The number of ether oxygens (including phenoxy) is 1. The Labute approximate surface area is 225 Å². The molecule has 200 valence electrons. The number of benzene rings is 2. The van der Waals surface area contributed by atoms with Crippen LogP contribution in [0.25, 0.3) is 17.1 Å². The number of non-ortho nitro benzene ring substituents is 1. The Hall–Kier alpha value is -3.73. The Morgan fingerprint density at radius 1 is 1.11 bits per heavy atom. The van der Waals surface area contributed by atoms with Gasteiger partial charge in [-0.15, -0.1) is 10.2 Å². The van der Waals surface area contributed by atoms with Gasteiger partial charge in [-0.1, -0.05) is 30.0 Å². The molecule has 0 aliphatic carbocycles. The topological polar surface area (TPSA) is 120 Å². The number of hydrogen-bond donors (Lipinski definition) is 0. The van der Waals surface area contributed by atoms with E-state index in [-0.39, 0.29) is 23.5 Å². The average Bonchev–Trinajstić information content (AvgIpc) is 3.37. The largest absolute Gasteiger partial charge is 0.466 e. The zero-order chi connectivity index (χ0) is 26.9. The van der Waals surface area contributed by atoms with Crippen LogP contribution < -0.4 is 0 Å². The Bertz CT molecular complexity index is 1250. The molecular weight excluding hydrogens is 506 g/mol. The number of rotatable bonds is 11. The third-order valence-electron chi connectivity index (χ3n) is 6.39. The number of nitrogens with zero attached hydrogens (tertiary/aromatic N) is 5. The van der Waals surface area contributed by atoms with E-state index in [0.29, 0.717) is 37.1 Å². The van der Waals surface area contributed by atoms with Crippen LogP contribution in [-0.4, -0.2) is 61.9 Å². The molecular formula is C27H31N5O5S. The molecule has 4 rings (SSSR count). The molecule has 1 aliphatic heterocycles. The minimum atomic E-state index is -0.429. The Balaban J connectivity index is 1.35. The summed E-state index contributed by atoms with van der Waals surface area (Å²) in [6.07, 6.45) is 3.58. The SMILES string of the molecule is CCOC(=O)C1CCCN(C(=O)CCCCSc2nnc(-c3ccc([N+](=O)[O-])cc3)n2-c2ccccc2)C1. The normalized spacial score (nSPS) is 15.3. The fourth-order valence-corrected chi connectivity index (χ4v) is 5.40. The number of carbonyl (C=O) groups excluding carboxylic acids is 2. The molecule has 1 aromatic heterocycles. The summed E-state index contributed by atoms with van der Waals surface area (Å²) in [6, 6.07) is 16.0. The van der Waals surface area contributed by atoms with E-state index >= 15 is 0 Å². The number of nitro groups is 1. The van der Waals surface area contributed by atoms with Crippen LogP contribution in [0.3, 0.4) is 0 Å². The van der Waals surface area contributed by atoms with E-state index in [1.54, 1.807) is 35.7 Å². The van der Waals surface area contributed by atoms with Crippen LogP contribution in [0.4, 0.5) is 5.69 Å². The van der Waals surface area contributed by atoms with Gasteiger partial charge in [-0.2, -0.15) is 0 Å². The molecule has 0 spiro atoms. The highest BCUT2D eigenvalue weighted by molar-refractivity contribution is 7.99. The molecule has 0 radical (unpaired) electrons. The van der Waals surface area contributed by atoms with Crippen LogP contribution in [0.1, 0.15) is 39.0 Å². The van der Waals surface area contributed by atoms with Crippen LogP contribution in [-0.2, 0) is 14.3 Å². The second-order valence-electron chi connectivity index (χ2n) is 9.02. The van der Waals surface area contributed by atoms with E-state index in [0.717, 1.165) is 42.7 Å². The lowest BCUT2D eigenvalue weighted by molar-refractivity contribution is -0.384. The zero-order valence-corrected chi connectivity index (χ0v) is 22.1. The van der Waals surface area contributed by atoms with E-state index in [2.05, 4.69) is 10.2 Å². The van der Waals surface area contributed by atoms with Gasteiger partial charge in [-0.05, 0) is 56.9 Å². The van der Waals surface area contributed by atoms with Crippen LogP contribution in [0.15, 0.2) is 59.8 Å². The minimum absolute atomic E-state index is 0.0182.